The predicted octanol–water partition coefficient (Wildman–Crippen LogP) is 2.00. The molecule has 0 saturated heterocycles. The van der Waals surface area contributed by atoms with Gasteiger partial charge in [0.25, 0.3) is 5.91 Å². The molecule has 0 aliphatic heterocycles. The van der Waals surface area contributed by atoms with Crippen molar-refractivity contribution < 1.29 is 4.79 Å². The normalized spacial score (nSPS) is 10.8. The highest BCUT2D eigenvalue weighted by Gasteiger charge is 2.03. The molecule has 0 unspecified atom stereocenters. The van der Waals surface area contributed by atoms with Crippen LogP contribution in [0.25, 0.3) is 0 Å². The smallest absolute Gasteiger partial charge is 0.251 e. The van der Waals surface area contributed by atoms with Crippen LogP contribution in [-0.4, -0.2) is 37.5 Å². The molecule has 3 N–H and O–H groups in total. The van der Waals surface area contributed by atoms with Crippen LogP contribution in [-0.2, 0) is 0 Å². The number of halogens is 1. The number of carbonyl (C=O) groups is 1. The summed E-state index contributed by atoms with van der Waals surface area (Å²) in [4.78, 5) is 16.2. The Kier molecular flexibility index (Phi) is 10.7. The van der Waals surface area contributed by atoms with E-state index in [2.05, 4.69) is 34.8 Å². The van der Waals surface area contributed by atoms with Gasteiger partial charge in [-0.15, -0.1) is 24.0 Å². The van der Waals surface area contributed by atoms with E-state index in [9.17, 15) is 4.79 Å². The maximum atomic E-state index is 11.8. The molecular weight excluding hydrogens is 379 g/mol. The van der Waals surface area contributed by atoms with E-state index in [1.165, 1.54) is 0 Å². The average Bonchev–Trinajstić information content (AvgIpc) is 2.44. The van der Waals surface area contributed by atoms with Crippen molar-refractivity contribution in [1.82, 2.24) is 16.0 Å². The number of nitrogens with one attached hydrogen (secondary N) is 3. The first-order valence-electron chi connectivity index (χ1n) is 7.01. The fourth-order valence-electron chi connectivity index (χ4n) is 1.62. The molecule has 0 spiro atoms. The monoisotopic (exact) mass is 404 g/mol. The number of benzene rings is 1. The summed E-state index contributed by atoms with van der Waals surface area (Å²) in [6, 6.07) is 9.51. The van der Waals surface area contributed by atoms with E-state index in [1.807, 2.05) is 25.1 Å². The first kappa shape index (κ1) is 19.7. The molecule has 21 heavy (non-hydrogen) atoms. The number of hydrogen-bond donors (Lipinski definition) is 3. The molecule has 5 nitrogen and oxygen atoms in total. The minimum absolute atomic E-state index is 0. The van der Waals surface area contributed by atoms with Gasteiger partial charge in [0, 0.05) is 24.7 Å². The van der Waals surface area contributed by atoms with Crippen molar-refractivity contribution >= 4 is 35.8 Å². The molecule has 1 amide bonds. The molecule has 0 saturated carbocycles. The Bertz CT molecular complexity index is 435. The van der Waals surface area contributed by atoms with Gasteiger partial charge in [0.2, 0.25) is 0 Å². The average molecular weight is 404 g/mol. The van der Waals surface area contributed by atoms with Crippen LogP contribution in [0, 0.1) is 0 Å². The molecule has 0 heterocycles. The fraction of sp³-hybridized carbons (Fsp3) is 0.467. The maximum absolute atomic E-state index is 11.8. The van der Waals surface area contributed by atoms with Gasteiger partial charge in [0.15, 0.2) is 5.96 Å². The van der Waals surface area contributed by atoms with E-state index in [1.54, 1.807) is 12.1 Å². The van der Waals surface area contributed by atoms with Gasteiger partial charge in [-0.25, -0.2) is 0 Å². The zero-order valence-electron chi connectivity index (χ0n) is 12.8. The maximum Gasteiger partial charge on any atom is 0.251 e. The van der Waals surface area contributed by atoms with Crippen molar-refractivity contribution in [2.45, 2.75) is 26.8 Å². The van der Waals surface area contributed by atoms with Crippen molar-refractivity contribution in [3.05, 3.63) is 35.9 Å². The van der Waals surface area contributed by atoms with Gasteiger partial charge in [-0.3, -0.25) is 9.79 Å². The number of rotatable bonds is 6. The molecule has 6 heteroatoms. The molecule has 1 aromatic rings. The van der Waals surface area contributed by atoms with Crippen LogP contribution in [0.3, 0.4) is 0 Å². The number of amides is 1. The minimum atomic E-state index is -0.0670. The summed E-state index contributed by atoms with van der Waals surface area (Å²) in [6.07, 6.45) is 0. The highest BCUT2D eigenvalue weighted by Crippen LogP contribution is 1.97. The summed E-state index contributed by atoms with van der Waals surface area (Å²) in [7, 11) is 0. The molecule has 0 radical (unpaired) electrons. The zero-order valence-corrected chi connectivity index (χ0v) is 15.2. The molecule has 118 valence electrons. The SMILES string of the molecule is CCNC(=NCCNC(=O)c1ccccc1)NC(C)C.I. The first-order valence-corrected chi connectivity index (χ1v) is 7.01. The van der Waals surface area contributed by atoms with Crippen molar-refractivity contribution in [2.75, 3.05) is 19.6 Å². The van der Waals surface area contributed by atoms with Crippen LogP contribution < -0.4 is 16.0 Å². The first-order chi connectivity index (χ1) is 9.63. The Morgan fingerprint density at radius 1 is 1.19 bits per heavy atom. The number of aliphatic imine (C=N–C) groups is 1. The largest absolute Gasteiger partial charge is 0.357 e. The Labute approximate surface area is 144 Å². The molecule has 0 aromatic heterocycles. The number of carbonyl (C=O) groups excluding carboxylic acids is 1. The molecular formula is C15H25IN4O. The van der Waals surface area contributed by atoms with Crippen LogP contribution in [0.4, 0.5) is 0 Å². The molecule has 0 atom stereocenters. The van der Waals surface area contributed by atoms with E-state index < -0.39 is 0 Å². The van der Waals surface area contributed by atoms with Gasteiger partial charge in [0.1, 0.15) is 0 Å². The Morgan fingerprint density at radius 2 is 1.86 bits per heavy atom. The van der Waals surface area contributed by atoms with E-state index in [0.717, 1.165) is 12.5 Å². The van der Waals surface area contributed by atoms with Gasteiger partial charge in [-0.05, 0) is 32.9 Å². The predicted molar refractivity (Wildman–Crippen MR) is 98.4 cm³/mol. The molecule has 0 fully saturated rings. The van der Waals surface area contributed by atoms with Crippen LogP contribution in [0.1, 0.15) is 31.1 Å². The van der Waals surface area contributed by atoms with Crippen molar-refractivity contribution in [2.24, 2.45) is 4.99 Å². The van der Waals surface area contributed by atoms with Crippen molar-refractivity contribution in [3.63, 3.8) is 0 Å². The molecule has 0 aliphatic carbocycles. The third-order valence-electron chi connectivity index (χ3n) is 2.47. The van der Waals surface area contributed by atoms with Crippen molar-refractivity contribution in [1.29, 1.82) is 0 Å². The summed E-state index contributed by atoms with van der Waals surface area (Å²) in [5.41, 5.74) is 0.670. The summed E-state index contributed by atoms with van der Waals surface area (Å²) in [5, 5.41) is 9.23. The highest BCUT2D eigenvalue weighted by molar-refractivity contribution is 14.0. The fourth-order valence-corrected chi connectivity index (χ4v) is 1.62. The third kappa shape index (κ3) is 8.54. The lowest BCUT2D eigenvalue weighted by molar-refractivity contribution is 0.0955. The van der Waals surface area contributed by atoms with Gasteiger partial charge >= 0.3 is 0 Å². The van der Waals surface area contributed by atoms with Crippen LogP contribution in [0.5, 0.6) is 0 Å². The second-order valence-corrected chi connectivity index (χ2v) is 4.68. The third-order valence-corrected chi connectivity index (χ3v) is 2.47. The van der Waals surface area contributed by atoms with Gasteiger partial charge < -0.3 is 16.0 Å². The Hall–Kier alpha value is -1.31. The quantitative estimate of drug-likeness (QED) is 0.294. The molecule has 1 aromatic carbocycles. The number of guanidine groups is 1. The Morgan fingerprint density at radius 3 is 2.43 bits per heavy atom. The zero-order chi connectivity index (χ0) is 14.8. The standard InChI is InChI=1S/C15H24N4O.HI/c1-4-16-15(19-12(2)3)18-11-10-17-14(20)13-8-6-5-7-9-13;/h5-9,12H,4,10-11H2,1-3H3,(H,17,20)(H2,16,18,19);1H. The molecule has 0 aliphatic rings. The molecule has 0 bridgehead atoms. The van der Waals surface area contributed by atoms with Gasteiger partial charge in [-0.2, -0.15) is 0 Å². The second-order valence-electron chi connectivity index (χ2n) is 4.68. The van der Waals surface area contributed by atoms with E-state index in [0.29, 0.717) is 24.7 Å². The van der Waals surface area contributed by atoms with Crippen molar-refractivity contribution in [3.8, 4) is 0 Å². The highest BCUT2D eigenvalue weighted by atomic mass is 127. The van der Waals surface area contributed by atoms with Gasteiger partial charge in [-0.1, -0.05) is 18.2 Å². The summed E-state index contributed by atoms with van der Waals surface area (Å²) >= 11 is 0. The number of hydrogen-bond acceptors (Lipinski definition) is 2. The van der Waals surface area contributed by atoms with E-state index >= 15 is 0 Å². The van der Waals surface area contributed by atoms with Crippen LogP contribution in [0.2, 0.25) is 0 Å². The van der Waals surface area contributed by atoms with E-state index in [4.69, 9.17) is 0 Å². The number of nitrogens with zero attached hydrogens (tertiary/aromatic N) is 1. The van der Waals surface area contributed by atoms with Gasteiger partial charge in [0.05, 0.1) is 6.54 Å². The lowest BCUT2D eigenvalue weighted by Gasteiger charge is -2.14. The topological polar surface area (TPSA) is 65.5 Å². The Balaban J connectivity index is 0.00000400. The molecule has 1 rings (SSSR count). The summed E-state index contributed by atoms with van der Waals surface area (Å²) in [5.74, 6) is 0.707. The van der Waals surface area contributed by atoms with E-state index in [-0.39, 0.29) is 29.9 Å². The summed E-state index contributed by atoms with van der Waals surface area (Å²) in [6.45, 7) is 8.01. The lowest BCUT2D eigenvalue weighted by Crippen LogP contribution is -2.41. The minimum Gasteiger partial charge on any atom is -0.357 e. The van der Waals surface area contributed by atoms with Crippen LogP contribution >= 0.6 is 24.0 Å². The summed E-state index contributed by atoms with van der Waals surface area (Å²) < 4.78 is 0. The second kappa shape index (κ2) is 11.4. The lowest BCUT2D eigenvalue weighted by atomic mass is 10.2. The van der Waals surface area contributed by atoms with Crippen LogP contribution in [0.15, 0.2) is 35.3 Å².